The summed E-state index contributed by atoms with van der Waals surface area (Å²) in [5.41, 5.74) is 1.36. The van der Waals surface area contributed by atoms with Crippen molar-refractivity contribution < 1.29 is 23.1 Å². The second kappa shape index (κ2) is 9.17. The molecule has 3 rings (SSSR count). The number of esters is 1. The number of pyridine rings is 1. The van der Waals surface area contributed by atoms with E-state index in [2.05, 4.69) is 9.71 Å². The Morgan fingerprint density at radius 3 is 2.59 bits per heavy atom. The highest BCUT2D eigenvalue weighted by atomic mass is 32.2. The molecule has 0 fully saturated rings. The second-order valence-electron chi connectivity index (χ2n) is 6.13. The molecule has 152 valence electrons. The normalized spacial score (nSPS) is 12.4. The van der Waals surface area contributed by atoms with E-state index in [4.69, 9.17) is 4.74 Å². The van der Waals surface area contributed by atoms with E-state index in [0.29, 0.717) is 16.1 Å². The lowest BCUT2D eigenvalue weighted by Gasteiger charge is -2.17. The van der Waals surface area contributed by atoms with Gasteiger partial charge < -0.3 is 9.84 Å². The van der Waals surface area contributed by atoms with Crippen molar-refractivity contribution in [1.29, 1.82) is 0 Å². The summed E-state index contributed by atoms with van der Waals surface area (Å²) in [6, 6.07) is 13.7. The molecule has 9 heteroatoms. The Bertz CT molecular complexity index is 1060. The van der Waals surface area contributed by atoms with Gasteiger partial charge in [-0.3, -0.25) is 9.78 Å². The Balaban J connectivity index is 1.82. The van der Waals surface area contributed by atoms with Crippen molar-refractivity contribution >= 4 is 27.3 Å². The molecule has 0 saturated carbocycles. The van der Waals surface area contributed by atoms with Crippen LogP contribution in [0.5, 0.6) is 5.75 Å². The van der Waals surface area contributed by atoms with Crippen LogP contribution in [-0.2, 0) is 26.0 Å². The molecule has 0 unspecified atom stereocenters. The number of phenolic OH excluding ortho intramolecular Hbond substituents is 1. The quantitative estimate of drug-likeness (QED) is 0.530. The molecule has 3 aromatic rings. The van der Waals surface area contributed by atoms with Gasteiger partial charge in [-0.25, -0.2) is 8.42 Å². The van der Waals surface area contributed by atoms with Gasteiger partial charge >= 0.3 is 5.97 Å². The van der Waals surface area contributed by atoms with E-state index in [1.165, 1.54) is 18.2 Å². The molecule has 7 nitrogen and oxygen atoms in total. The minimum Gasteiger partial charge on any atom is -0.508 e. The van der Waals surface area contributed by atoms with E-state index in [0.717, 1.165) is 11.3 Å². The monoisotopic (exact) mass is 432 g/mol. The number of aromatic nitrogens is 1. The van der Waals surface area contributed by atoms with Crippen LogP contribution in [-0.4, -0.2) is 37.1 Å². The summed E-state index contributed by atoms with van der Waals surface area (Å²) in [7, 11) is -3.95. The summed E-state index contributed by atoms with van der Waals surface area (Å²) in [6.07, 6.45) is 1.73. The molecule has 0 aliphatic rings. The molecule has 0 amide bonds. The van der Waals surface area contributed by atoms with Gasteiger partial charge in [-0.1, -0.05) is 18.2 Å². The number of aromatic hydroxyl groups is 1. The molecule has 1 atom stereocenters. The van der Waals surface area contributed by atoms with Crippen LogP contribution in [0, 0.1) is 0 Å². The molecular formula is C20H20N2O5S2. The van der Waals surface area contributed by atoms with Gasteiger partial charge in [-0.05, 0) is 55.3 Å². The van der Waals surface area contributed by atoms with Gasteiger partial charge in [0.15, 0.2) is 0 Å². The van der Waals surface area contributed by atoms with Crippen LogP contribution in [0.2, 0.25) is 0 Å². The van der Waals surface area contributed by atoms with Gasteiger partial charge in [-0.2, -0.15) is 4.72 Å². The first-order chi connectivity index (χ1) is 13.9. The van der Waals surface area contributed by atoms with E-state index in [9.17, 15) is 18.3 Å². The third kappa shape index (κ3) is 5.41. The smallest absolute Gasteiger partial charge is 0.324 e. The number of hydrogen-bond acceptors (Lipinski definition) is 7. The topological polar surface area (TPSA) is 106 Å². The Morgan fingerprint density at radius 2 is 1.93 bits per heavy atom. The number of hydrogen-bond donors (Lipinski definition) is 2. The molecular weight excluding hydrogens is 412 g/mol. The number of sulfonamides is 1. The van der Waals surface area contributed by atoms with Crippen molar-refractivity contribution in [2.24, 2.45) is 0 Å². The number of carbonyl (C=O) groups is 1. The number of benzene rings is 1. The van der Waals surface area contributed by atoms with E-state index in [1.807, 2.05) is 6.07 Å². The zero-order chi connectivity index (χ0) is 20.9. The van der Waals surface area contributed by atoms with Gasteiger partial charge in [0.1, 0.15) is 16.0 Å². The lowest BCUT2D eigenvalue weighted by Crippen LogP contribution is -2.43. The highest BCUT2D eigenvalue weighted by Crippen LogP contribution is 2.29. The fourth-order valence-corrected chi connectivity index (χ4v) is 5.12. The molecule has 0 aliphatic carbocycles. The number of nitrogens with one attached hydrogen (secondary N) is 1. The van der Waals surface area contributed by atoms with E-state index < -0.39 is 22.0 Å². The molecule has 0 spiro atoms. The average Bonchev–Trinajstić information content (AvgIpc) is 3.21. The van der Waals surface area contributed by atoms with Crippen molar-refractivity contribution in [1.82, 2.24) is 9.71 Å². The van der Waals surface area contributed by atoms with Gasteiger partial charge in [0, 0.05) is 6.20 Å². The minimum atomic E-state index is -3.95. The number of thiophene rings is 1. The summed E-state index contributed by atoms with van der Waals surface area (Å²) in [6.45, 7) is 1.79. The summed E-state index contributed by atoms with van der Waals surface area (Å²) in [4.78, 5) is 17.3. The molecule has 2 heterocycles. The lowest BCUT2D eigenvalue weighted by molar-refractivity contribution is -0.145. The highest BCUT2D eigenvalue weighted by Gasteiger charge is 2.28. The van der Waals surface area contributed by atoms with Crippen LogP contribution >= 0.6 is 11.3 Å². The molecule has 0 bridgehead atoms. The third-order valence-corrected chi connectivity index (χ3v) is 7.08. The van der Waals surface area contributed by atoms with Gasteiger partial charge in [0.25, 0.3) is 10.0 Å². The lowest BCUT2D eigenvalue weighted by atomic mass is 10.1. The number of rotatable bonds is 8. The predicted molar refractivity (Wildman–Crippen MR) is 110 cm³/mol. The van der Waals surface area contributed by atoms with Crippen LogP contribution in [0.4, 0.5) is 0 Å². The summed E-state index contributed by atoms with van der Waals surface area (Å²) >= 11 is 1.07. The van der Waals surface area contributed by atoms with Gasteiger partial charge in [0.05, 0.1) is 17.2 Å². The van der Waals surface area contributed by atoms with Crippen molar-refractivity contribution in [2.45, 2.75) is 23.6 Å². The first-order valence-electron chi connectivity index (χ1n) is 8.87. The van der Waals surface area contributed by atoms with Crippen LogP contribution < -0.4 is 4.72 Å². The molecule has 2 aromatic heterocycles. The highest BCUT2D eigenvalue weighted by molar-refractivity contribution is 7.91. The first kappa shape index (κ1) is 21.0. The number of phenols is 1. The number of nitrogens with zero attached hydrogens (tertiary/aromatic N) is 1. The van der Waals surface area contributed by atoms with Crippen molar-refractivity contribution in [3.63, 3.8) is 0 Å². The fourth-order valence-electron chi connectivity index (χ4n) is 2.64. The summed E-state index contributed by atoms with van der Waals surface area (Å²) in [5.74, 6) is -0.576. The molecule has 2 N–H and O–H groups in total. The average molecular weight is 433 g/mol. The molecule has 29 heavy (non-hydrogen) atoms. The number of ether oxygens (including phenoxy) is 1. The van der Waals surface area contributed by atoms with Crippen molar-refractivity contribution in [3.05, 3.63) is 66.4 Å². The van der Waals surface area contributed by atoms with Crippen molar-refractivity contribution in [3.8, 4) is 16.3 Å². The van der Waals surface area contributed by atoms with Crippen molar-refractivity contribution in [2.75, 3.05) is 6.61 Å². The maximum Gasteiger partial charge on any atom is 0.324 e. The van der Waals surface area contributed by atoms with Crippen LogP contribution in [0.15, 0.2) is 65.0 Å². The fraction of sp³-hybridized carbons (Fsp3) is 0.200. The summed E-state index contributed by atoms with van der Waals surface area (Å²) < 4.78 is 33.3. The van der Waals surface area contributed by atoms with Gasteiger partial charge in [-0.15, -0.1) is 11.3 Å². The summed E-state index contributed by atoms with van der Waals surface area (Å²) in [5, 5.41) is 9.41. The molecule has 0 radical (unpaired) electrons. The number of carbonyl (C=O) groups excluding carboxylic acids is 1. The largest absolute Gasteiger partial charge is 0.508 e. The standard InChI is InChI=1S/C20H20N2O5S2/c1-2-27-20(24)17(13-14-6-8-15(23)9-7-14)22-29(25,26)19-11-10-18(28-19)16-5-3-4-12-21-16/h3-12,17,22-23H,2,13H2,1H3/t17-/m0/s1. The van der Waals surface area contributed by atoms with E-state index >= 15 is 0 Å². The van der Waals surface area contributed by atoms with Gasteiger partial charge in [0.2, 0.25) is 0 Å². The molecule has 1 aromatic carbocycles. The Labute approximate surface area is 173 Å². The van der Waals surface area contributed by atoms with Crippen LogP contribution in [0.1, 0.15) is 12.5 Å². The zero-order valence-corrected chi connectivity index (χ0v) is 17.2. The zero-order valence-electron chi connectivity index (χ0n) is 15.6. The Kier molecular flexibility index (Phi) is 6.63. The van der Waals surface area contributed by atoms with E-state index in [1.54, 1.807) is 43.5 Å². The maximum absolute atomic E-state index is 12.9. The second-order valence-corrected chi connectivity index (χ2v) is 9.15. The van der Waals surface area contributed by atoms with Crippen LogP contribution in [0.3, 0.4) is 0 Å². The maximum atomic E-state index is 12.9. The Morgan fingerprint density at radius 1 is 1.17 bits per heavy atom. The van der Waals surface area contributed by atoms with E-state index in [-0.39, 0.29) is 23.0 Å². The molecule has 0 aliphatic heterocycles. The first-order valence-corrected chi connectivity index (χ1v) is 11.2. The third-order valence-electron chi connectivity index (χ3n) is 4.01. The minimum absolute atomic E-state index is 0.0816. The Hall–Kier alpha value is -2.75. The SMILES string of the molecule is CCOC(=O)[C@H](Cc1ccc(O)cc1)NS(=O)(=O)c1ccc(-c2ccccn2)s1. The predicted octanol–water partition coefficient (Wildman–Crippen LogP) is 2.97. The van der Waals surface area contributed by atoms with Crippen LogP contribution in [0.25, 0.3) is 10.6 Å². The molecule has 0 saturated heterocycles.